The molecular formula is C21H26N4O. The zero-order valence-electron chi connectivity index (χ0n) is 15.7. The Morgan fingerprint density at radius 1 is 1.08 bits per heavy atom. The Kier molecular flexibility index (Phi) is 5.72. The van der Waals surface area contributed by atoms with E-state index in [1.807, 2.05) is 44.2 Å². The molecule has 0 aliphatic heterocycles. The first-order valence-electron chi connectivity index (χ1n) is 9.28. The normalized spacial score (nSPS) is 19.6. The fourth-order valence-electron chi connectivity index (χ4n) is 3.62. The molecule has 0 bridgehead atoms. The van der Waals surface area contributed by atoms with E-state index in [-0.39, 0.29) is 6.61 Å². The summed E-state index contributed by atoms with van der Waals surface area (Å²) in [7, 11) is 0. The largest absolute Gasteiger partial charge is 0.479 e. The van der Waals surface area contributed by atoms with Gasteiger partial charge in [0.2, 0.25) is 5.95 Å². The van der Waals surface area contributed by atoms with Gasteiger partial charge in [-0.1, -0.05) is 19.1 Å². The molecule has 0 radical (unpaired) electrons. The third-order valence-electron chi connectivity index (χ3n) is 5.07. The van der Waals surface area contributed by atoms with E-state index in [4.69, 9.17) is 20.0 Å². The van der Waals surface area contributed by atoms with Gasteiger partial charge in [0.05, 0.1) is 11.4 Å². The third-order valence-corrected chi connectivity index (χ3v) is 5.07. The van der Waals surface area contributed by atoms with Gasteiger partial charge in [-0.05, 0) is 63.1 Å². The average Bonchev–Trinajstić information content (AvgIpc) is 2.62. The second kappa shape index (κ2) is 8.18. The Balaban J connectivity index is 1.76. The van der Waals surface area contributed by atoms with Crippen molar-refractivity contribution >= 4 is 5.95 Å². The SMILES string of the molecule is Cc1nc(NC2CCC(C)CC2)nc(C)c1-c1ccc(OCC#N)cc1. The van der Waals surface area contributed by atoms with Crippen LogP contribution < -0.4 is 10.1 Å². The average molecular weight is 350 g/mol. The molecule has 1 heterocycles. The van der Waals surface area contributed by atoms with Gasteiger partial charge in [-0.2, -0.15) is 5.26 Å². The summed E-state index contributed by atoms with van der Waals surface area (Å²) in [5.74, 6) is 2.26. The Morgan fingerprint density at radius 3 is 2.27 bits per heavy atom. The minimum atomic E-state index is 0.0564. The molecule has 136 valence electrons. The molecule has 1 saturated carbocycles. The molecule has 1 fully saturated rings. The van der Waals surface area contributed by atoms with Crippen molar-refractivity contribution in [1.82, 2.24) is 9.97 Å². The molecule has 1 aromatic heterocycles. The monoisotopic (exact) mass is 350 g/mol. The smallest absolute Gasteiger partial charge is 0.223 e. The number of hydrogen-bond acceptors (Lipinski definition) is 5. The Hall–Kier alpha value is -2.61. The number of nitrogens with zero attached hydrogens (tertiary/aromatic N) is 3. The summed E-state index contributed by atoms with van der Waals surface area (Å²) in [6.45, 7) is 6.43. The highest BCUT2D eigenvalue weighted by atomic mass is 16.5. The van der Waals surface area contributed by atoms with Gasteiger partial charge in [-0.25, -0.2) is 9.97 Å². The predicted molar refractivity (Wildman–Crippen MR) is 103 cm³/mol. The molecule has 0 saturated heterocycles. The number of hydrogen-bond donors (Lipinski definition) is 1. The molecular weight excluding hydrogens is 324 g/mol. The van der Waals surface area contributed by atoms with E-state index in [1.165, 1.54) is 25.7 Å². The van der Waals surface area contributed by atoms with Crippen LogP contribution in [0.2, 0.25) is 0 Å². The number of rotatable bonds is 5. The third kappa shape index (κ3) is 4.32. The highest BCUT2D eigenvalue weighted by Gasteiger charge is 2.19. The number of nitrogens with one attached hydrogen (secondary N) is 1. The summed E-state index contributed by atoms with van der Waals surface area (Å²) in [5.41, 5.74) is 4.05. The van der Waals surface area contributed by atoms with Crippen LogP contribution in [0.4, 0.5) is 5.95 Å². The van der Waals surface area contributed by atoms with Crippen molar-refractivity contribution in [3.63, 3.8) is 0 Å². The Labute approximate surface area is 155 Å². The minimum Gasteiger partial charge on any atom is -0.479 e. The first kappa shape index (κ1) is 18.2. The minimum absolute atomic E-state index is 0.0564. The van der Waals surface area contributed by atoms with Crippen molar-refractivity contribution in [3.8, 4) is 22.9 Å². The number of anilines is 1. The first-order valence-corrected chi connectivity index (χ1v) is 9.28. The molecule has 0 atom stereocenters. The summed E-state index contributed by atoms with van der Waals surface area (Å²) in [4.78, 5) is 9.40. The van der Waals surface area contributed by atoms with E-state index >= 15 is 0 Å². The summed E-state index contributed by atoms with van der Waals surface area (Å²) in [6.07, 6.45) is 4.92. The summed E-state index contributed by atoms with van der Waals surface area (Å²) < 4.78 is 5.32. The Bertz CT molecular complexity index is 764. The summed E-state index contributed by atoms with van der Waals surface area (Å²) in [6, 6.07) is 10.2. The molecule has 5 heteroatoms. The quantitative estimate of drug-likeness (QED) is 0.849. The number of nitriles is 1. The van der Waals surface area contributed by atoms with Crippen LogP contribution in [-0.4, -0.2) is 22.6 Å². The number of aromatic nitrogens is 2. The van der Waals surface area contributed by atoms with Crippen LogP contribution in [0, 0.1) is 31.1 Å². The topological polar surface area (TPSA) is 70.8 Å². The molecule has 2 aromatic rings. The van der Waals surface area contributed by atoms with Gasteiger partial charge >= 0.3 is 0 Å². The summed E-state index contributed by atoms with van der Waals surface area (Å²) in [5, 5.41) is 12.1. The van der Waals surface area contributed by atoms with Crippen LogP contribution in [0.1, 0.15) is 44.0 Å². The predicted octanol–water partition coefficient (Wildman–Crippen LogP) is 4.65. The van der Waals surface area contributed by atoms with Crippen LogP contribution in [0.25, 0.3) is 11.1 Å². The number of aryl methyl sites for hydroxylation is 2. The molecule has 0 unspecified atom stereocenters. The maximum Gasteiger partial charge on any atom is 0.223 e. The molecule has 26 heavy (non-hydrogen) atoms. The lowest BCUT2D eigenvalue weighted by Gasteiger charge is -2.27. The zero-order valence-corrected chi connectivity index (χ0v) is 15.7. The highest BCUT2D eigenvalue weighted by molar-refractivity contribution is 5.69. The van der Waals surface area contributed by atoms with Crippen LogP contribution in [0.3, 0.4) is 0 Å². The fraction of sp³-hybridized carbons (Fsp3) is 0.476. The van der Waals surface area contributed by atoms with Crippen molar-refractivity contribution < 1.29 is 4.74 Å². The van der Waals surface area contributed by atoms with E-state index in [2.05, 4.69) is 12.2 Å². The molecule has 0 spiro atoms. The van der Waals surface area contributed by atoms with Crippen molar-refractivity contribution in [2.75, 3.05) is 11.9 Å². The van der Waals surface area contributed by atoms with Crippen molar-refractivity contribution in [2.45, 2.75) is 52.5 Å². The van der Waals surface area contributed by atoms with Gasteiger partial charge in [-0.3, -0.25) is 0 Å². The van der Waals surface area contributed by atoms with Crippen molar-refractivity contribution in [2.24, 2.45) is 5.92 Å². The van der Waals surface area contributed by atoms with Gasteiger partial charge in [0, 0.05) is 11.6 Å². The van der Waals surface area contributed by atoms with E-state index in [9.17, 15) is 0 Å². The lowest BCUT2D eigenvalue weighted by atomic mass is 9.87. The van der Waals surface area contributed by atoms with E-state index < -0.39 is 0 Å². The van der Waals surface area contributed by atoms with E-state index in [0.717, 1.165) is 34.4 Å². The van der Waals surface area contributed by atoms with Crippen LogP contribution in [0.5, 0.6) is 5.75 Å². The molecule has 1 aliphatic carbocycles. The van der Waals surface area contributed by atoms with Gasteiger partial charge < -0.3 is 10.1 Å². The molecule has 3 rings (SSSR count). The molecule has 1 aromatic carbocycles. The first-order chi connectivity index (χ1) is 12.6. The lowest BCUT2D eigenvalue weighted by molar-refractivity contribution is 0.360. The van der Waals surface area contributed by atoms with Gasteiger partial charge in [0.1, 0.15) is 11.8 Å². The Morgan fingerprint density at radius 2 is 1.69 bits per heavy atom. The second-order valence-electron chi connectivity index (χ2n) is 7.17. The molecule has 1 N–H and O–H groups in total. The van der Waals surface area contributed by atoms with Crippen molar-refractivity contribution in [3.05, 3.63) is 35.7 Å². The van der Waals surface area contributed by atoms with Crippen LogP contribution >= 0.6 is 0 Å². The molecule has 5 nitrogen and oxygen atoms in total. The molecule has 0 amide bonds. The molecule has 1 aliphatic rings. The van der Waals surface area contributed by atoms with Crippen molar-refractivity contribution in [1.29, 1.82) is 5.26 Å². The zero-order chi connectivity index (χ0) is 18.5. The van der Waals surface area contributed by atoms with Gasteiger partial charge in [0.25, 0.3) is 0 Å². The highest BCUT2D eigenvalue weighted by Crippen LogP contribution is 2.29. The standard InChI is InChI=1S/C21H26N4O/c1-14-4-8-18(9-5-14)25-21-23-15(2)20(16(3)24-21)17-6-10-19(11-7-17)26-13-12-22/h6-7,10-11,14,18H,4-5,8-9,13H2,1-3H3,(H,23,24,25). The second-order valence-corrected chi connectivity index (χ2v) is 7.17. The number of ether oxygens (including phenoxy) is 1. The van der Waals surface area contributed by atoms with E-state index in [1.54, 1.807) is 0 Å². The van der Waals surface area contributed by atoms with Crippen LogP contribution in [0.15, 0.2) is 24.3 Å². The van der Waals surface area contributed by atoms with Gasteiger partial charge in [0.15, 0.2) is 6.61 Å². The number of benzene rings is 1. The summed E-state index contributed by atoms with van der Waals surface area (Å²) >= 11 is 0. The maximum absolute atomic E-state index is 8.59. The fourth-order valence-corrected chi connectivity index (χ4v) is 3.62. The lowest BCUT2D eigenvalue weighted by Crippen LogP contribution is -2.26. The van der Waals surface area contributed by atoms with Gasteiger partial charge in [-0.15, -0.1) is 0 Å². The van der Waals surface area contributed by atoms with Crippen LogP contribution in [-0.2, 0) is 0 Å². The van der Waals surface area contributed by atoms with E-state index in [0.29, 0.717) is 11.8 Å². The maximum atomic E-state index is 8.59.